The number of hydrogen-bond acceptors (Lipinski definition) is 2. The summed E-state index contributed by atoms with van der Waals surface area (Å²) >= 11 is 6.55. The predicted molar refractivity (Wildman–Crippen MR) is 77.9 cm³/mol. The summed E-state index contributed by atoms with van der Waals surface area (Å²) in [6.07, 6.45) is 0. The molecule has 2 aromatic rings. The lowest BCUT2D eigenvalue weighted by atomic mass is 10.1. The van der Waals surface area contributed by atoms with Gasteiger partial charge in [-0.2, -0.15) is 0 Å². The Morgan fingerprint density at radius 2 is 1.95 bits per heavy atom. The summed E-state index contributed by atoms with van der Waals surface area (Å²) in [6, 6.07) is 8.90. The average molecular weight is 389 g/mol. The molecule has 2 rings (SSSR count). The van der Waals surface area contributed by atoms with Crippen molar-refractivity contribution in [3.63, 3.8) is 0 Å². The van der Waals surface area contributed by atoms with E-state index in [1.807, 2.05) is 0 Å². The van der Waals surface area contributed by atoms with Crippen LogP contribution in [0.3, 0.4) is 0 Å². The fraction of sp³-hybridized carbons (Fsp3) is 0. The highest BCUT2D eigenvalue weighted by atomic mass is 79.9. The van der Waals surface area contributed by atoms with Crippen LogP contribution in [0.2, 0.25) is 0 Å². The molecular weight excluding hydrogens is 381 g/mol. The number of anilines is 1. The lowest BCUT2D eigenvalue weighted by Crippen LogP contribution is -2.14. The fourth-order valence-electron chi connectivity index (χ4n) is 1.52. The van der Waals surface area contributed by atoms with Gasteiger partial charge in [0.15, 0.2) is 0 Å². The van der Waals surface area contributed by atoms with Crippen molar-refractivity contribution in [2.45, 2.75) is 0 Å². The van der Waals surface area contributed by atoms with Crippen LogP contribution in [0.1, 0.15) is 10.4 Å². The minimum Gasteiger partial charge on any atom is -0.507 e. The van der Waals surface area contributed by atoms with E-state index in [1.165, 1.54) is 12.1 Å². The zero-order valence-electron chi connectivity index (χ0n) is 9.45. The summed E-state index contributed by atoms with van der Waals surface area (Å²) in [6.45, 7) is 0. The maximum Gasteiger partial charge on any atom is 0.262 e. The number of carbonyl (C=O) groups excluding carboxylic acids is 1. The SMILES string of the molecule is O=C(Nc1cc(Br)ccc1Br)c1c(O)cccc1F. The predicted octanol–water partition coefficient (Wildman–Crippen LogP) is 4.31. The first-order chi connectivity index (χ1) is 8.99. The maximum atomic E-state index is 13.5. The Labute approximate surface area is 125 Å². The first-order valence-electron chi connectivity index (χ1n) is 5.23. The van der Waals surface area contributed by atoms with Gasteiger partial charge in [-0.3, -0.25) is 4.79 Å². The third-order valence-corrected chi connectivity index (χ3v) is 3.58. The van der Waals surface area contributed by atoms with Crippen molar-refractivity contribution in [2.24, 2.45) is 0 Å². The van der Waals surface area contributed by atoms with E-state index in [0.29, 0.717) is 10.2 Å². The monoisotopic (exact) mass is 387 g/mol. The summed E-state index contributed by atoms with van der Waals surface area (Å²) in [5.74, 6) is -1.89. The molecule has 0 atom stereocenters. The Bertz CT molecular complexity index is 626. The van der Waals surface area contributed by atoms with Crippen molar-refractivity contribution >= 4 is 43.5 Å². The molecule has 3 nitrogen and oxygen atoms in total. The molecule has 1 amide bonds. The number of carbonyl (C=O) groups is 1. The quantitative estimate of drug-likeness (QED) is 0.805. The number of phenols is 1. The van der Waals surface area contributed by atoms with Crippen LogP contribution in [-0.4, -0.2) is 11.0 Å². The van der Waals surface area contributed by atoms with E-state index in [9.17, 15) is 14.3 Å². The molecule has 19 heavy (non-hydrogen) atoms. The molecule has 0 saturated carbocycles. The highest BCUT2D eigenvalue weighted by molar-refractivity contribution is 9.11. The topological polar surface area (TPSA) is 49.3 Å². The van der Waals surface area contributed by atoms with Gasteiger partial charge in [0.25, 0.3) is 5.91 Å². The molecule has 2 aromatic carbocycles. The second-order valence-corrected chi connectivity index (χ2v) is 5.48. The van der Waals surface area contributed by atoms with Crippen molar-refractivity contribution in [1.82, 2.24) is 0 Å². The van der Waals surface area contributed by atoms with Crippen molar-refractivity contribution in [3.8, 4) is 5.75 Å². The van der Waals surface area contributed by atoms with E-state index in [2.05, 4.69) is 37.2 Å². The van der Waals surface area contributed by atoms with Crippen molar-refractivity contribution in [3.05, 3.63) is 56.7 Å². The van der Waals surface area contributed by atoms with Crippen LogP contribution in [-0.2, 0) is 0 Å². The third kappa shape index (κ3) is 3.13. The van der Waals surface area contributed by atoms with E-state index in [4.69, 9.17) is 0 Å². The van der Waals surface area contributed by atoms with Gasteiger partial charge >= 0.3 is 0 Å². The van der Waals surface area contributed by atoms with Crippen LogP contribution in [0, 0.1) is 5.82 Å². The van der Waals surface area contributed by atoms with Gasteiger partial charge < -0.3 is 10.4 Å². The number of hydrogen-bond donors (Lipinski definition) is 2. The van der Waals surface area contributed by atoms with Crippen LogP contribution in [0.15, 0.2) is 45.3 Å². The highest BCUT2D eigenvalue weighted by Crippen LogP contribution is 2.28. The molecule has 98 valence electrons. The van der Waals surface area contributed by atoms with Gasteiger partial charge in [0.2, 0.25) is 0 Å². The lowest BCUT2D eigenvalue weighted by Gasteiger charge is -2.09. The molecule has 2 N–H and O–H groups in total. The van der Waals surface area contributed by atoms with Gasteiger partial charge in [0, 0.05) is 8.95 Å². The number of halogens is 3. The summed E-state index contributed by atoms with van der Waals surface area (Å²) < 4.78 is 15.0. The number of rotatable bonds is 2. The van der Waals surface area contributed by atoms with Crippen molar-refractivity contribution in [1.29, 1.82) is 0 Å². The first-order valence-corrected chi connectivity index (χ1v) is 6.81. The molecule has 0 saturated heterocycles. The van der Waals surface area contributed by atoms with E-state index >= 15 is 0 Å². The van der Waals surface area contributed by atoms with Crippen molar-refractivity contribution < 1.29 is 14.3 Å². The van der Waals surface area contributed by atoms with Crippen molar-refractivity contribution in [2.75, 3.05) is 5.32 Å². The molecule has 0 unspecified atom stereocenters. The number of benzene rings is 2. The number of phenolic OH excluding ortho intramolecular Hbond substituents is 1. The van der Waals surface area contributed by atoms with E-state index in [-0.39, 0.29) is 5.56 Å². The Kier molecular flexibility index (Phi) is 4.21. The Hall–Kier alpha value is -1.40. The number of aromatic hydroxyl groups is 1. The Morgan fingerprint density at radius 3 is 2.63 bits per heavy atom. The Morgan fingerprint density at radius 1 is 1.21 bits per heavy atom. The van der Waals surface area contributed by atoms with Crippen LogP contribution in [0.25, 0.3) is 0 Å². The average Bonchev–Trinajstić information content (AvgIpc) is 2.33. The third-order valence-electron chi connectivity index (χ3n) is 2.40. The van der Waals surface area contributed by atoms with Gasteiger partial charge in [0.05, 0.1) is 5.69 Å². The molecule has 0 spiro atoms. The lowest BCUT2D eigenvalue weighted by molar-refractivity contribution is 0.102. The molecule has 0 aliphatic carbocycles. The minimum absolute atomic E-state index is 0.380. The molecule has 0 heterocycles. The first kappa shape index (κ1) is 14.0. The maximum absolute atomic E-state index is 13.5. The van der Waals surface area contributed by atoms with Crippen LogP contribution < -0.4 is 5.32 Å². The standard InChI is InChI=1S/C13H8Br2FNO2/c14-7-4-5-8(15)10(6-7)17-13(19)12-9(16)2-1-3-11(12)18/h1-6,18H,(H,17,19). The fourth-order valence-corrected chi connectivity index (χ4v) is 2.22. The van der Waals surface area contributed by atoms with Crippen LogP contribution in [0.4, 0.5) is 10.1 Å². The van der Waals surface area contributed by atoms with E-state index in [0.717, 1.165) is 10.5 Å². The van der Waals surface area contributed by atoms with Crippen LogP contribution >= 0.6 is 31.9 Å². The molecule has 6 heteroatoms. The van der Waals surface area contributed by atoms with Gasteiger partial charge in [-0.05, 0) is 46.3 Å². The van der Waals surface area contributed by atoms with Gasteiger partial charge in [-0.1, -0.05) is 22.0 Å². The highest BCUT2D eigenvalue weighted by Gasteiger charge is 2.17. The Balaban J connectivity index is 2.34. The van der Waals surface area contributed by atoms with E-state index < -0.39 is 17.5 Å². The summed E-state index contributed by atoms with van der Waals surface area (Å²) in [4.78, 5) is 12.0. The normalized spacial score (nSPS) is 10.3. The number of amides is 1. The largest absolute Gasteiger partial charge is 0.507 e. The molecule has 0 bridgehead atoms. The molecule has 0 aromatic heterocycles. The van der Waals surface area contributed by atoms with E-state index in [1.54, 1.807) is 18.2 Å². The number of nitrogens with one attached hydrogen (secondary N) is 1. The molecular formula is C13H8Br2FNO2. The zero-order chi connectivity index (χ0) is 14.0. The summed E-state index contributed by atoms with van der Waals surface area (Å²) in [5, 5.41) is 12.1. The van der Waals surface area contributed by atoms with Gasteiger partial charge in [-0.25, -0.2) is 4.39 Å². The molecule has 0 aliphatic rings. The molecule has 0 fully saturated rings. The smallest absolute Gasteiger partial charge is 0.262 e. The minimum atomic E-state index is -0.774. The van der Waals surface area contributed by atoms with Gasteiger partial charge in [0.1, 0.15) is 17.1 Å². The van der Waals surface area contributed by atoms with Crippen LogP contribution in [0.5, 0.6) is 5.75 Å². The second-order valence-electron chi connectivity index (χ2n) is 3.71. The molecule has 0 radical (unpaired) electrons. The van der Waals surface area contributed by atoms with Gasteiger partial charge in [-0.15, -0.1) is 0 Å². The second kappa shape index (κ2) is 5.71. The summed E-state index contributed by atoms with van der Waals surface area (Å²) in [5.41, 5.74) is 0.0939. The zero-order valence-corrected chi connectivity index (χ0v) is 12.6. The summed E-state index contributed by atoms with van der Waals surface area (Å²) in [7, 11) is 0. The molecule has 0 aliphatic heterocycles.